The van der Waals surface area contributed by atoms with Crippen LogP contribution in [0, 0.1) is 11.8 Å². The number of nitrogen functional groups attached to an aromatic ring is 2. The van der Waals surface area contributed by atoms with E-state index in [-0.39, 0.29) is 5.75 Å². The first-order valence-electron chi connectivity index (χ1n) is 13.9. The van der Waals surface area contributed by atoms with Crippen LogP contribution in [0.25, 0.3) is 6.08 Å². The van der Waals surface area contributed by atoms with E-state index in [1.54, 1.807) is 24.3 Å². The molecular weight excluding hydrogens is 486 g/mol. The van der Waals surface area contributed by atoms with E-state index in [1.807, 2.05) is 12.1 Å². The molecule has 38 heavy (non-hydrogen) atoms. The van der Waals surface area contributed by atoms with Crippen molar-refractivity contribution in [3.05, 3.63) is 59.7 Å². The molecule has 0 bridgehead atoms. The number of alkyl halides is 2. The van der Waals surface area contributed by atoms with Gasteiger partial charge < -0.3 is 20.9 Å². The third-order valence-corrected chi connectivity index (χ3v) is 7.34. The molecule has 1 fully saturated rings. The first kappa shape index (κ1) is 29.5. The van der Waals surface area contributed by atoms with Gasteiger partial charge in [-0.3, -0.25) is 0 Å². The maximum absolute atomic E-state index is 14.7. The van der Waals surface area contributed by atoms with Crippen molar-refractivity contribution in [3.8, 4) is 5.75 Å². The summed E-state index contributed by atoms with van der Waals surface area (Å²) in [5.41, 5.74) is 14.8. The quantitative estimate of drug-likeness (QED) is 0.113. The molecule has 5 nitrogen and oxygen atoms in total. The molecule has 0 saturated heterocycles. The van der Waals surface area contributed by atoms with E-state index < -0.39 is 18.0 Å². The Kier molecular flexibility index (Phi) is 11.4. The molecule has 0 aromatic heterocycles. The van der Waals surface area contributed by atoms with E-state index in [0.29, 0.717) is 42.3 Å². The van der Waals surface area contributed by atoms with E-state index in [9.17, 15) is 13.6 Å². The second-order valence-corrected chi connectivity index (χ2v) is 10.4. The summed E-state index contributed by atoms with van der Waals surface area (Å²) in [5, 5.41) is 0. The molecular formula is C31H42F2N2O3. The van der Waals surface area contributed by atoms with E-state index in [1.165, 1.54) is 24.6 Å². The molecule has 7 heteroatoms. The van der Waals surface area contributed by atoms with Gasteiger partial charge in [0.05, 0.1) is 12.5 Å². The number of halogens is 2. The normalized spacial score (nSPS) is 18.0. The Morgan fingerprint density at radius 1 is 1.00 bits per heavy atom. The lowest BCUT2D eigenvalue weighted by Crippen LogP contribution is -2.37. The second-order valence-electron chi connectivity index (χ2n) is 10.4. The summed E-state index contributed by atoms with van der Waals surface area (Å²) in [6.45, 7) is 2.49. The average molecular weight is 529 g/mol. The Balaban J connectivity index is 1.34. The summed E-state index contributed by atoms with van der Waals surface area (Å²) in [7, 11) is 0. The van der Waals surface area contributed by atoms with Gasteiger partial charge in [0.2, 0.25) is 0 Å². The van der Waals surface area contributed by atoms with Crippen molar-refractivity contribution in [2.75, 3.05) is 18.1 Å². The zero-order valence-corrected chi connectivity index (χ0v) is 22.5. The standard InChI is InChI=1S/C31H42F2N2O3/c1-2-3-7-23-9-15-26(16-10-23)31(32,33)38-28-18-11-24(12-19-28)13-20-30(36)37-21-6-4-5-8-25-14-17-27(34)22-29(25)35/h11-14,17-20,22-23,26H,2-10,15-16,21,34-35H2,1H3/b20-13+. The number of anilines is 2. The Hall–Kier alpha value is -3.09. The number of rotatable bonds is 14. The SMILES string of the molecule is CCCCC1CCC(C(F)(F)Oc2ccc(/C=C/C(=O)OCCCCCc3ccc(N)cc3N)cc2)CC1. The van der Waals surface area contributed by atoms with Crippen LogP contribution >= 0.6 is 0 Å². The van der Waals surface area contributed by atoms with E-state index >= 15 is 0 Å². The fourth-order valence-electron chi connectivity index (χ4n) is 4.99. The molecule has 1 aliphatic rings. The van der Waals surface area contributed by atoms with Crippen molar-refractivity contribution in [1.82, 2.24) is 0 Å². The fraction of sp³-hybridized carbons (Fsp3) is 0.516. The van der Waals surface area contributed by atoms with Crippen molar-refractivity contribution >= 4 is 23.4 Å². The van der Waals surface area contributed by atoms with Gasteiger partial charge in [-0.2, -0.15) is 8.78 Å². The Bertz CT molecular complexity index is 1030. The Morgan fingerprint density at radius 2 is 1.74 bits per heavy atom. The van der Waals surface area contributed by atoms with Gasteiger partial charge in [0.15, 0.2) is 0 Å². The molecule has 0 spiro atoms. The molecule has 2 aromatic carbocycles. The van der Waals surface area contributed by atoms with Gasteiger partial charge >= 0.3 is 12.1 Å². The number of carbonyl (C=O) groups excluding carboxylic acids is 1. The van der Waals surface area contributed by atoms with E-state index in [2.05, 4.69) is 6.92 Å². The number of aryl methyl sites for hydroxylation is 1. The molecule has 3 rings (SSSR count). The Labute approximate surface area is 225 Å². The number of hydrogen-bond donors (Lipinski definition) is 2. The topological polar surface area (TPSA) is 87.6 Å². The minimum Gasteiger partial charge on any atom is -0.463 e. The van der Waals surface area contributed by atoms with Gasteiger partial charge in [0, 0.05) is 17.5 Å². The van der Waals surface area contributed by atoms with Gasteiger partial charge in [-0.15, -0.1) is 0 Å². The highest BCUT2D eigenvalue weighted by atomic mass is 19.3. The van der Waals surface area contributed by atoms with Crippen molar-refractivity contribution < 1.29 is 23.0 Å². The fourth-order valence-corrected chi connectivity index (χ4v) is 4.99. The summed E-state index contributed by atoms with van der Waals surface area (Å²) in [6.07, 6.45) is 9.38. The average Bonchev–Trinajstić information content (AvgIpc) is 2.90. The molecule has 1 saturated carbocycles. The van der Waals surface area contributed by atoms with Crippen LogP contribution < -0.4 is 16.2 Å². The minimum atomic E-state index is -3.18. The number of hydrogen-bond acceptors (Lipinski definition) is 5. The van der Waals surface area contributed by atoms with Crippen molar-refractivity contribution in [3.63, 3.8) is 0 Å². The number of nitrogens with two attached hydrogens (primary N) is 2. The van der Waals surface area contributed by atoms with Crippen molar-refractivity contribution in [2.45, 2.75) is 83.7 Å². The monoisotopic (exact) mass is 528 g/mol. The summed E-state index contributed by atoms with van der Waals surface area (Å²) in [5.74, 6) is -0.483. The molecule has 0 aliphatic heterocycles. The van der Waals surface area contributed by atoms with Crippen LogP contribution in [0.4, 0.5) is 20.2 Å². The van der Waals surface area contributed by atoms with E-state index in [4.69, 9.17) is 20.9 Å². The van der Waals surface area contributed by atoms with E-state index in [0.717, 1.165) is 56.9 Å². The molecule has 208 valence electrons. The van der Waals surface area contributed by atoms with Gasteiger partial charge in [-0.25, -0.2) is 4.79 Å². The van der Waals surface area contributed by atoms with Crippen LogP contribution in [0.1, 0.15) is 82.3 Å². The predicted octanol–water partition coefficient (Wildman–Crippen LogP) is 7.79. The van der Waals surface area contributed by atoms with Gasteiger partial charge in [0.25, 0.3) is 0 Å². The molecule has 1 aliphatic carbocycles. The smallest absolute Gasteiger partial charge is 0.400 e. The molecule has 0 heterocycles. The highest BCUT2D eigenvalue weighted by molar-refractivity contribution is 5.87. The summed E-state index contributed by atoms with van der Waals surface area (Å²) in [6, 6.07) is 11.9. The molecule has 0 unspecified atom stereocenters. The van der Waals surface area contributed by atoms with Crippen LogP contribution in [0.5, 0.6) is 5.75 Å². The van der Waals surface area contributed by atoms with Gasteiger partial charge in [-0.1, -0.05) is 44.4 Å². The van der Waals surface area contributed by atoms with Crippen LogP contribution in [0.2, 0.25) is 0 Å². The van der Waals surface area contributed by atoms with Crippen LogP contribution in [0.3, 0.4) is 0 Å². The second kappa shape index (κ2) is 14.7. The van der Waals surface area contributed by atoms with Crippen LogP contribution in [-0.2, 0) is 16.0 Å². The maximum atomic E-state index is 14.7. The highest BCUT2D eigenvalue weighted by Crippen LogP contribution is 2.41. The van der Waals surface area contributed by atoms with Crippen molar-refractivity contribution in [2.24, 2.45) is 11.8 Å². The largest absolute Gasteiger partial charge is 0.463 e. The summed E-state index contributed by atoms with van der Waals surface area (Å²) < 4.78 is 39.8. The first-order chi connectivity index (χ1) is 18.3. The van der Waals surface area contributed by atoms with Crippen molar-refractivity contribution in [1.29, 1.82) is 0 Å². The highest BCUT2D eigenvalue weighted by Gasteiger charge is 2.43. The summed E-state index contributed by atoms with van der Waals surface area (Å²) >= 11 is 0. The Morgan fingerprint density at radius 3 is 2.42 bits per heavy atom. The maximum Gasteiger partial charge on any atom is 0.400 e. The minimum absolute atomic E-state index is 0.128. The third kappa shape index (κ3) is 9.66. The first-order valence-corrected chi connectivity index (χ1v) is 13.9. The van der Waals surface area contributed by atoms with Crippen LogP contribution in [0.15, 0.2) is 48.5 Å². The van der Waals surface area contributed by atoms with Gasteiger partial charge in [0.1, 0.15) is 5.75 Å². The lowest BCUT2D eigenvalue weighted by molar-refractivity contribution is -0.223. The molecule has 4 N–H and O–H groups in total. The van der Waals surface area contributed by atoms with Gasteiger partial charge in [-0.05, 0) is 98.8 Å². The molecule has 0 atom stereocenters. The summed E-state index contributed by atoms with van der Waals surface area (Å²) in [4.78, 5) is 12.0. The zero-order valence-electron chi connectivity index (χ0n) is 22.5. The molecule has 2 aromatic rings. The number of ether oxygens (including phenoxy) is 2. The number of benzene rings is 2. The lowest BCUT2D eigenvalue weighted by atomic mass is 9.79. The number of carbonyl (C=O) groups is 1. The molecule has 0 amide bonds. The zero-order chi connectivity index (χ0) is 27.4. The predicted molar refractivity (Wildman–Crippen MR) is 150 cm³/mol. The lowest BCUT2D eigenvalue weighted by Gasteiger charge is -2.33. The number of unbranched alkanes of at least 4 members (excludes halogenated alkanes) is 3. The number of esters is 1. The van der Waals surface area contributed by atoms with Crippen LogP contribution in [-0.4, -0.2) is 18.7 Å². The molecule has 0 radical (unpaired) electrons. The third-order valence-electron chi connectivity index (χ3n) is 7.34.